The number of fused-ring (bicyclic) bond motifs is 3. The zero-order valence-electron chi connectivity index (χ0n) is 28.0. The summed E-state index contributed by atoms with van der Waals surface area (Å²) < 4.78 is 30.2. The van der Waals surface area contributed by atoms with Crippen LogP contribution < -0.4 is 15.2 Å². The molecule has 9 nitrogen and oxygen atoms in total. The van der Waals surface area contributed by atoms with Crippen LogP contribution in [0.25, 0.3) is 5.69 Å². The van der Waals surface area contributed by atoms with Crippen molar-refractivity contribution < 1.29 is 28.3 Å². The van der Waals surface area contributed by atoms with E-state index in [9.17, 15) is 19.5 Å². The normalized spacial score (nSPS) is 24.7. The number of aromatic nitrogens is 1. The lowest BCUT2D eigenvalue weighted by Gasteiger charge is -2.37. The Balaban J connectivity index is 1.33. The van der Waals surface area contributed by atoms with Gasteiger partial charge < -0.3 is 23.6 Å². The minimum absolute atomic E-state index is 0.140. The number of hydrogen-bond acceptors (Lipinski definition) is 6. The molecule has 4 heterocycles. The van der Waals surface area contributed by atoms with Gasteiger partial charge in [0.05, 0.1) is 38.0 Å². The Bertz CT molecular complexity index is 1980. The Morgan fingerprint density at radius 1 is 1.00 bits per heavy atom. The van der Waals surface area contributed by atoms with E-state index in [2.05, 4.69) is 0 Å². The van der Waals surface area contributed by atoms with E-state index in [1.165, 1.54) is 11.7 Å². The Hall–Kier alpha value is -4.58. The molecule has 3 aliphatic heterocycles. The first-order valence-electron chi connectivity index (χ1n) is 16.6. The second-order valence-corrected chi connectivity index (χ2v) is 17.5. The number of benzene rings is 3. The number of ether oxygens (including phenoxy) is 2. The van der Waals surface area contributed by atoms with Gasteiger partial charge in [0, 0.05) is 41.1 Å². The maximum Gasteiger partial charge on any atom is 0.297 e. The highest BCUT2D eigenvalue weighted by molar-refractivity contribution is 6.72. The van der Waals surface area contributed by atoms with Crippen LogP contribution in [0.2, 0.25) is 18.6 Å². The summed E-state index contributed by atoms with van der Waals surface area (Å²) in [5.41, 5.74) is 1.59. The van der Waals surface area contributed by atoms with Crippen molar-refractivity contribution in [3.05, 3.63) is 118 Å². The van der Waals surface area contributed by atoms with Crippen LogP contribution in [-0.4, -0.2) is 60.7 Å². The predicted octanol–water partition coefficient (Wildman–Crippen LogP) is 5.64. The molecular formula is C38H40FN3O6Si. The van der Waals surface area contributed by atoms with Gasteiger partial charge in [0.25, 0.3) is 11.5 Å². The zero-order valence-corrected chi connectivity index (χ0v) is 29.0. The fraction of sp³-hybridized carbons (Fsp3) is 0.342. The van der Waals surface area contributed by atoms with E-state index in [4.69, 9.17) is 9.47 Å². The molecule has 254 valence electrons. The van der Waals surface area contributed by atoms with Crippen molar-refractivity contribution in [2.24, 2.45) is 5.92 Å². The number of halogens is 1. The molecule has 1 saturated heterocycles. The van der Waals surface area contributed by atoms with Crippen molar-refractivity contribution in [3.63, 3.8) is 0 Å². The summed E-state index contributed by atoms with van der Waals surface area (Å²) in [6.07, 6.45) is 1.10. The van der Waals surface area contributed by atoms with E-state index >= 15 is 4.11 Å². The average molecular weight is 682 g/mol. The van der Waals surface area contributed by atoms with Gasteiger partial charge >= 0.3 is 0 Å². The van der Waals surface area contributed by atoms with Crippen molar-refractivity contribution in [2.45, 2.75) is 62.7 Å². The molecule has 0 aliphatic carbocycles. The highest BCUT2D eigenvalue weighted by Crippen LogP contribution is 2.61. The number of pyridine rings is 1. The molecule has 11 heteroatoms. The van der Waals surface area contributed by atoms with Crippen LogP contribution in [0, 0.1) is 5.92 Å². The molecule has 2 amide bonds. The number of aliphatic hydroxyl groups excluding tert-OH is 1. The van der Waals surface area contributed by atoms with Gasteiger partial charge in [0.2, 0.25) is 14.3 Å². The topological polar surface area (TPSA) is 101 Å². The quantitative estimate of drug-likeness (QED) is 0.200. The van der Waals surface area contributed by atoms with Gasteiger partial charge in [-0.15, -0.1) is 0 Å². The standard InChI is InChI=1S/C38H40FN3O6Si/c1-24-35(49(3,4)39)33(21-34(44)41-22-26-12-9-8-11-25(26)19-29(41)23-43)48-38(24)30-20-28(40-18-10-15-32(47-2)36(40)45)16-17-31(30)42(37(38)46)27-13-6-5-7-14-27/h5-18,20,24,29,33,35,43H,19,21-23H2,1-4H3/t24-,29+,33+,35-,38+/m1/s1. The largest absolute Gasteiger partial charge is 0.491 e. The minimum atomic E-state index is -3.58. The van der Waals surface area contributed by atoms with E-state index in [0.717, 1.165) is 11.1 Å². The van der Waals surface area contributed by atoms with Crippen molar-refractivity contribution in [1.82, 2.24) is 9.47 Å². The third-order valence-corrected chi connectivity index (χ3v) is 13.0. The van der Waals surface area contributed by atoms with E-state index in [1.54, 1.807) is 59.4 Å². The van der Waals surface area contributed by atoms with E-state index in [0.29, 0.717) is 35.6 Å². The molecule has 1 fully saturated rings. The smallest absolute Gasteiger partial charge is 0.297 e. The summed E-state index contributed by atoms with van der Waals surface area (Å²) in [5.74, 6) is -1.11. The Labute approximate surface area is 285 Å². The molecular weight excluding hydrogens is 642 g/mol. The van der Waals surface area contributed by atoms with Crippen LogP contribution in [-0.2, 0) is 32.9 Å². The summed E-state index contributed by atoms with van der Waals surface area (Å²) in [4.78, 5) is 45.6. The van der Waals surface area contributed by atoms with E-state index in [-0.39, 0.29) is 36.2 Å². The molecule has 3 aliphatic rings. The van der Waals surface area contributed by atoms with Crippen molar-refractivity contribution in [1.29, 1.82) is 0 Å². The molecule has 1 aromatic heterocycles. The molecule has 1 spiro atoms. The first kappa shape index (κ1) is 32.9. The number of methoxy groups -OCH3 is 1. The van der Waals surface area contributed by atoms with Gasteiger partial charge in [-0.1, -0.05) is 49.4 Å². The molecule has 5 atom stereocenters. The van der Waals surface area contributed by atoms with Gasteiger partial charge in [0.1, 0.15) is 0 Å². The van der Waals surface area contributed by atoms with E-state index < -0.39 is 37.6 Å². The molecule has 0 radical (unpaired) electrons. The highest BCUT2D eigenvalue weighted by Gasteiger charge is 2.67. The minimum Gasteiger partial charge on any atom is -0.491 e. The van der Waals surface area contributed by atoms with Gasteiger partial charge in [-0.3, -0.25) is 23.9 Å². The summed E-state index contributed by atoms with van der Waals surface area (Å²) in [7, 11) is -2.15. The molecule has 0 unspecified atom stereocenters. The molecule has 4 aromatic rings. The lowest BCUT2D eigenvalue weighted by Crippen LogP contribution is -2.48. The number of amides is 2. The summed E-state index contributed by atoms with van der Waals surface area (Å²) in [6, 6.07) is 25.2. The van der Waals surface area contributed by atoms with Gasteiger partial charge in [-0.05, 0) is 73.1 Å². The van der Waals surface area contributed by atoms with Gasteiger partial charge in [0.15, 0.2) is 11.4 Å². The number of aliphatic hydroxyl groups is 1. The number of anilines is 2. The van der Waals surface area contributed by atoms with Gasteiger partial charge in [-0.25, -0.2) is 0 Å². The third kappa shape index (κ3) is 5.31. The number of rotatable bonds is 7. The Morgan fingerprint density at radius 2 is 1.71 bits per heavy atom. The number of carbonyl (C=O) groups excluding carboxylic acids is 2. The third-order valence-electron chi connectivity index (χ3n) is 10.5. The monoisotopic (exact) mass is 681 g/mol. The van der Waals surface area contributed by atoms with Crippen LogP contribution in [0.3, 0.4) is 0 Å². The number of para-hydroxylation sites is 1. The van der Waals surface area contributed by atoms with E-state index in [1.807, 2.05) is 61.5 Å². The molecule has 7 rings (SSSR count). The Morgan fingerprint density at radius 3 is 2.41 bits per heavy atom. The van der Waals surface area contributed by atoms with Crippen LogP contribution >= 0.6 is 0 Å². The predicted molar refractivity (Wildman–Crippen MR) is 186 cm³/mol. The van der Waals surface area contributed by atoms with Gasteiger partial charge in [-0.2, -0.15) is 0 Å². The molecule has 0 bridgehead atoms. The average Bonchev–Trinajstić information content (AvgIpc) is 3.53. The van der Waals surface area contributed by atoms with Crippen LogP contribution in [0.15, 0.2) is 95.9 Å². The Kier molecular flexibility index (Phi) is 8.33. The number of carbonyl (C=O) groups is 2. The lowest BCUT2D eigenvalue weighted by molar-refractivity contribution is -0.150. The molecule has 49 heavy (non-hydrogen) atoms. The maximum atomic E-state index is 16.6. The summed E-state index contributed by atoms with van der Waals surface area (Å²) >= 11 is 0. The van der Waals surface area contributed by atoms with Crippen LogP contribution in [0.4, 0.5) is 15.5 Å². The lowest BCUT2D eigenvalue weighted by atomic mass is 9.82. The summed E-state index contributed by atoms with van der Waals surface area (Å²) in [5, 5.41) is 10.3. The first-order valence-corrected chi connectivity index (χ1v) is 19.6. The first-order chi connectivity index (χ1) is 23.5. The molecule has 3 aromatic carbocycles. The number of nitrogens with zero attached hydrogens (tertiary/aromatic N) is 3. The SMILES string of the molecule is COc1cccn(-c2ccc3c(c2)[C@]2(O[C@@H](CC(=O)N4Cc5ccccc5C[C@H]4CO)[C@H]([Si](C)(C)F)[C@H]2C)C(=O)N3c2ccccc2)c1=O. The van der Waals surface area contributed by atoms with Crippen LogP contribution in [0.5, 0.6) is 5.75 Å². The fourth-order valence-electron chi connectivity index (χ4n) is 8.31. The zero-order chi connectivity index (χ0) is 34.7. The molecule has 1 N–H and O–H groups in total. The molecule has 0 saturated carbocycles. The van der Waals surface area contributed by atoms with Crippen molar-refractivity contribution in [2.75, 3.05) is 18.6 Å². The second-order valence-electron chi connectivity index (χ2n) is 13.7. The number of hydrogen-bond donors (Lipinski definition) is 1. The highest BCUT2D eigenvalue weighted by atomic mass is 28.4. The van der Waals surface area contributed by atoms with Crippen LogP contribution in [0.1, 0.15) is 30.0 Å². The summed E-state index contributed by atoms with van der Waals surface area (Å²) in [6.45, 7) is 5.17. The second kappa shape index (κ2) is 12.4. The fourth-order valence-corrected chi connectivity index (χ4v) is 10.8. The van der Waals surface area contributed by atoms with Crippen molar-refractivity contribution in [3.8, 4) is 11.4 Å². The maximum absolute atomic E-state index is 16.6. The van der Waals surface area contributed by atoms with Crippen molar-refractivity contribution >= 4 is 31.6 Å².